The minimum atomic E-state index is -0.667. The Morgan fingerprint density at radius 1 is 1.05 bits per heavy atom. The van der Waals surface area contributed by atoms with Gasteiger partial charge in [0, 0.05) is 15.7 Å². The fraction of sp³-hybridized carbons (Fsp3) is 0.188. The molecule has 0 spiro atoms. The van der Waals surface area contributed by atoms with Crippen LogP contribution in [0.25, 0.3) is 0 Å². The first-order valence-corrected chi connectivity index (χ1v) is 7.33. The molecule has 2 rings (SSSR count). The van der Waals surface area contributed by atoms with Gasteiger partial charge in [0.1, 0.15) is 5.82 Å². The first kappa shape index (κ1) is 16.6. The van der Waals surface area contributed by atoms with Gasteiger partial charge in [-0.1, -0.05) is 35.3 Å². The monoisotopic (exact) mass is 340 g/mol. The minimum Gasteiger partial charge on any atom is -0.329 e. The van der Waals surface area contributed by atoms with Crippen LogP contribution in [0.2, 0.25) is 10.0 Å². The van der Waals surface area contributed by atoms with Gasteiger partial charge in [0.05, 0.1) is 5.54 Å². The highest BCUT2D eigenvalue weighted by atomic mass is 35.5. The molecular weight excluding hydrogens is 326 g/mol. The van der Waals surface area contributed by atoms with Gasteiger partial charge in [-0.25, -0.2) is 9.18 Å². The molecule has 0 bridgehead atoms. The van der Waals surface area contributed by atoms with Gasteiger partial charge in [-0.2, -0.15) is 0 Å². The second kappa shape index (κ2) is 6.55. The number of halogens is 3. The number of carbonyl (C=O) groups excluding carboxylic acids is 1. The fourth-order valence-electron chi connectivity index (χ4n) is 2.01. The molecule has 0 aliphatic heterocycles. The normalized spacial score (nSPS) is 11.1. The van der Waals surface area contributed by atoms with E-state index in [1.165, 1.54) is 12.1 Å². The molecule has 0 aromatic heterocycles. The van der Waals surface area contributed by atoms with Gasteiger partial charge >= 0.3 is 6.03 Å². The Balaban J connectivity index is 2.08. The van der Waals surface area contributed by atoms with Gasteiger partial charge in [-0.15, -0.1) is 0 Å². The standard InChI is InChI=1S/C16H15Cl2FN2O/c1-16(2,10-3-5-13(19)6-4-10)21-15(22)20-14-8-11(17)7-12(18)9-14/h3-9H,1-2H3,(H2,20,21,22). The number of benzene rings is 2. The average Bonchev–Trinajstić information content (AvgIpc) is 2.36. The van der Waals surface area contributed by atoms with Crippen molar-refractivity contribution in [3.63, 3.8) is 0 Å². The van der Waals surface area contributed by atoms with Crippen LogP contribution in [-0.2, 0) is 5.54 Å². The summed E-state index contributed by atoms with van der Waals surface area (Å²) in [5, 5.41) is 6.35. The molecule has 0 saturated heterocycles. The summed E-state index contributed by atoms with van der Waals surface area (Å²) < 4.78 is 13.0. The third kappa shape index (κ3) is 4.36. The number of rotatable bonds is 3. The van der Waals surface area contributed by atoms with Crippen LogP contribution in [0, 0.1) is 5.82 Å². The number of hydrogen-bond donors (Lipinski definition) is 2. The lowest BCUT2D eigenvalue weighted by Gasteiger charge is -2.27. The quantitative estimate of drug-likeness (QED) is 0.793. The van der Waals surface area contributed by atoms with Crippen molar-refractivity contribution in [3.05, 3.63) is 63.9 Å². The predicted octanol–water partition coefficient (Wildman–Crippen LogP) is 5.19. The average molecular weight is 341 g/mol. The molecule has 2 amide bonds. The van der Waals surface area contributed by atoms with Crippen molar-refractivity contribution in [2.24, 2.45) is 0 Å². The van der Waals surface area contributed by atoms with Crippen LogP contribution >= 0.6 is 23.2 Å². The van der Waals surface area contributed by atoms with E-state index in [1.54, 1.807) is 30.3 Å². The second-order valence-electron chi connectivity index (χ2n) is 5.37. The third-order valence-electron chi connectivity index (χ3n) is 3.11. The molecule has 0 unspecified atom stereocenters. The van der Waals surface area contributed by atoms with Crippen molar-refractivity contribution >= 4 is 34.9 Å². The van der Waals surface area contributed by atoms with E-state index in [0.29, 0.717) is 15.7 Å². The summed E-state index contributed by atoms with van der Waals surface area (Å²) in [6.07, 6.45) is 0. The highest BCUT2D eigenvalue weighted by molar-refractivity contribution is 6.35. The van der Waals surface area contributed by atoms with E-state index >= 15 is 0 Å². The SMILES string of the molecule is CC(C)(NC(=O)Nc1cc(Cl)cc(Cl)c1)c1ccc(F)cc1. The summed E-state index contributed by atoms with van der Waals surface area (Å²) in [4.78, 5) is 12.1. The van der Waals surface area contributed by atoms with Crippen molar-refractivity contribution < 1.29 is 9.18 Å². The molecule has 2 aromatic carbocycles. The summed E-state index contributed by atoms with van der Waals surface area (Å²) in [7, 11) is 0. The Morgan fingerprint density at radius 2 is 1.59 bits per heavy atom. The molecule has 116 valence electrons. The number of amides is 2. The maximum Gasteiger partial charge on any atom is 0.319 e. The molecule has 0 aliphatic carbocycles. The van der Waals surface area contributed by atoms with Crippen LogP contribution in [0.5, 0.6) is 0 Å². The van der Waals surface area contributed by atoms with E-state index in [4.69, 9.17) is 23.2 Å². The van der Waals surface area contributed by atoms with Gasteiger partial charge in [0.2, 0.25) is 0 Å². The summed E-state index contributed by atoms with van der Waals surface area (Å²) in [5.41, 5.74) is 0.609. The van der Waals surface area contributed by atoms with E-state index in [2.05, 4.69) is 10.6 Å². The molecule has 0 heterocycles. The van der Waals surface area contributed by atoms with E-state index < -0.39 is 11.6 Å². The number of carbonyl (C=O) groups is 1. The third-order valence-corrected chi connectivity index (χ3v) is 3.55. The van der Waals surface area contributed by atoms with E-state index in [0.717, 1.165) is 5.56 Å². The van der Waals surface area contributed by atoms with E-state index in [1.807, 2.05) is 13.8 Å². The van der Waals surface area contributed by atoms with Crippen LogP contribution in [0.15, 0.2) is 42.5 Å². The number of hydrogen-bond acceptors (Lipinski definition) is 1. The van der Waals surface area contributed by atoms with Crippen LogP contribution in [-0.4, -0.2) is 6.03 Å². The van der Waals surface area contributed by atoms with Crippen molar-refractivity contribution in [2.45, 2.75) is 19.4 Å². The van der Waals surface area contributed by atoms with Gasteiger partial charge in [0.15, 0.2) is 0 Å². The molecule has 0 saturated carbocycles. The lowest BCUT2D eigenvalue weighted by molar-refractivity contribution is 0.242. The van der Waals surface area contributed by atoms with Crippen molar-refractivity contribution in [3.8, 4) is 0 Å². The molecular formula is C16H15Cl2FN2O. The molecule has 2 aromatic rings. The maximum absolute atomic E-state index is 13.0. The Bertz CT molecular complexity index is 667. The molecule has 3 nitrogen and oxygen atoms in total. The Kier molecular flexibility index (Phi) is 4.94. The first-order valence-electron chi connectivity index (χ1n) is 6.57. The van der Waals surface area contributed by atoms with E-state index in [-0.39, 0.29) is 5.82 Å². The largest absolute Gasteiger partial charge is 0.329 e. The van der Waals surface area contributed by atoms with E-state index in [9.17, 15) is 9.18 Å². The Hall–Kier alpha value is -1.78. The van der Waals surface area contributed by atoms with Crippen LogP contribution in [0.3, 0.4) is 0 Å². The molecule has 0 fully saturated rings. The zero-order valence-electron chi connectivity index (χ0n) is 12.1. The predicted molar refractivity (Wildman–Crippen MR) is 88.0 cm³/mol. The van der Waals surface area contributed by atoms with Crippen LogP contribution in [0.4, 0.5) is 14.9 Å². The zero-order valence-corrected chi connectivity index (χ0v) is 13.6. The number of nitrogens with one attached hydrogen (secondary N) is 2. The summed E-state index contributed by atoms with van der Waals surface area (Å²) >= 11 is 11.8. The van der Waals surface area contributed by atoms with Gasteiger partial charge in [-0.05, 0) is 49.7 Å². The summed E-state index contributed by atoms with van der Waals surface area (Å²) in [5.74, 6) is -0.322. The van der Waals surface area contributed by atoms with Gasteiger partial charge in [0.25, 0.3) is 0 Å². The number of urea groups is 1. The molecule has 2 N–H and O–H groups in total. The van der Waals surface area contributed by atoms with Crippen molar-refractivity contribution in [1.29, 1.82) is 0 Å². The molecule has 0 radical (unpaired) electrons. The zero-order chi connectivity index (χ0) is 16.3. The minimum absolute atomic E-state index is 0.322. The second-order valence-corrected chi connectivity index (χ2v) is 6.24. The first-order chi connectivity index (χ1) is 10.3. The van der Waals surface area contributed by atoms with Gasteiger partial charge < -0.3 is 10.6 Å². The molecule has 0 atom stereocenters. The Morgan fingerprint density at radius 3 is 2.14 bits per heavy atom. The fourth-order valence-corrected chi connectivity index (χ4v) is 2.54. The van der Waals surface area contributed by atoms with Crippen molar-refractivity contribution in [2.75, 3.05) is 5.32 Å². The van der Waals surface area contributed by atoms with Crippen molar-refractivity contribution in [1.82, 2.24) is 5.32 Å². The molecule has 6 heteroatoms. The van der Waals surface area contributed by atoms with Gasteiger partial charge in [-0.3, -0.25) is 0 Å². The lowest BCUT2D eigenvalue weighted by Crippen LogP contribution is -2.43. The van der Waals surface area contributed by atoms with Crippen LogP contribution < -0.4 is 10.6 Å². The Labute approximate surface area is 138 Å². The smallest absolute Gasteiger partial charge is 0.319 e. The van der Waals surface area contributed by atoms with Crippen LogP contribution in [0.1, 0.15) is 19.4 Å². The summed E-state index contributed by atoms with van der Waals surface area (Å²) in [6.45, 7) is 3.65. The molecule has 0 aliphatic rings. The number of anilines is 1. The summed E-state index contributed by atoms with van der Waals surface area (Å²) in [6, 6.07) is 10.3. The lowest BCUT2D eigenvalue weighted by atomic mass is 9.94. The topological polar surface area (TPSA) is 41.1 Å². The highest BCUT2D eigenvalue weighted by Gasteiger charge is 2.23. The highest BCUT2D eigenvalue weighted by Crippen LogP contribution is 2.23. The maximum atomic E-state index is 13.0. The molecule has 22 heavy (non-hydrogen) atoms.